The second kappa shape index (κ2) is 6.32. The third-order valence-electron chi connectivity index (χ3n) is 4.38. The van der Waals surface area contributed by atoms with Gasteiger partial charge in [-0.25, -0.2) is 0 Å². The van der Waals surface area contributed by atoms with Gasteiger partial charge in [-0.2, -0.15) is 0 Å². The Hall–Kier alpha value is -1.13. The highest BCUT2D eigenvalue weighted by atomic mass is 16.5. The predicted octanol–water partition coefficient (Wildman–Crippen LogP) is 2.53. The fourth-order valence-corrected chi connectivity index (χ4v) is 3.15. The first-order valence-corrected chi connectivity index (χ1v) is 7.74. The van der Waals surface area contributed by atoms with Gasteiger partial charge in [-0.15, -0.1) is 0 Å². The summed E-state index contributed by atoms with van der Waals surface area (Å²) < 4.78 is 7.44. The number of aryl methyl sites for hydroxylation is 1. The van der Waals surface area contributed by atoms with Crippen molar-refractivity contribution in [3.8, 4) is 0 Å². The molecule has 0 spiro atoms. The van der Waals surface area contributed by atoms with E-state index in [1.54, 1.807) is 7.11 Å². The lowest BCUT2D eigenvalue weighted by atomic mass is 9.76. The van der Waals surface area contributed by atoms with Crippen molar-refractivity contribution < 1.29 is 9.53 Å². The third kappa shape index (κ3) is 3.74. The summed E-state index contributed by atoms with van der Waals surface area (Å²) in [5.41, 5.74) is 3.46. The maximum Gasteiger partial charge on any atom is 0.165 e. The summed E-state index contributed by atoms with van der Waals surface area (Å²) in [7, 11) is 3.84. The van der Waals surface area contributed by atoms with Crippen molar-refractivity contribution in [2.75, 3.05) is 33.9 Å². The van der Waals surface area contributed by atoms with Crippen molar-refractivity contribution in [1.82, 2.24) is 9.47 Å². The van der Waals surface area contributed by atoms with Crippen molar-refractivity contribution in [3.63, 3.8) is 0 Å². The second-order valence-corrected chi connectivity index (χ2v) is 7.03. The molecular formula is C17H28N2O2. The number of ketones is 1. The number of aromatic nitrogens is 1. The Morgan fingerprint density at radius 3 is 2.71 bits per heavy atom. The smallest absolute Gasteiger partial charge is 0.165 e. The molecule has 0 atom stereocenters. The van der Waals surface area contributed by atoms with Crippen LogP contribution in [0.5, 0.6) is 0 Å². The lowest BCUT2D eigenvalue weighted by Crippen LogP contribution is -2.30. The number of carbonyl (C=O) groups excluding carboxylic acids is 1. The molecule has 0 radical (unpaired) electrons. The van der Waals surface area contributed by atoms with Gasteiger partial charge in [0, 0.05) is 50.1 Å². The van der Waals surface area contributed by atoms with Gasteiger partial charge in [0.05, 0.1) is 6.61 Å². The van der Waals surface area contributed by atoms with E-state index in [4.69, 9.17) is 4.74 Å². The Kier molecular flexibility index (Phi) is 4.89. The number of likely N-dealkylation sites (N-methyl/N-ethyl adjacent to an activating group) is 1. The van der Waals surface area contributed by atoms with Crippen molar-refractivity contribution in [1.29, 1.82) is 0 Å². The molecule has 0 fully saturated rings. The summed E-state index contributed by atoms with van der Waals surface area (Å²) in [6.07, 6.45) is 1.65. The largest absolute Gasteiger partial charge is 0.383 e. The van der Waals surface area contributed by atoms with Crippen LogP contribution in [-0.2, 0) is 17.7 Å². The molecule has 1 heterocycles. The van der Waals surface area contributed by atoms with Crippen molar-refractivity contribution in [2.45, 2.75) is 40.2 Å². The SMILES string of the molecule is COCCN(C)CCn1c(C)cc2c1CC(C)(C)CC2=O. The summed E-state index contributed by atoms with van der Waals surface area (Å²) in [6.45, 7) is 10.1. The average molecular weight is 292 g/mol. The first-order valence-electron chi connectivity index (χ1n) is 7.74. The lowest BCUT2D eigenvalue weighted by molar-refractivity contribution is 0.0909. The Balaban J connectivity index is 2.13. The molecule has 2 rings (SSSR count). The van der Waals surface area contributed by atoms with Gasteiger partial charge < -0.3 is 14.2 Å². The Morgan fingerprint density at radius 2 is 2.05 bits per heavy atom. The molecule has 118 valence electrons. The van der Waals surface area contributed by atoms with Gasteiger partial charge >= 0.3 is 0 Å². The molecule has 0 aliphatic heterocycles. The molecule has 0 amide bonds. The number of fused-ring (bicyclic) bond motifs is 1. The molecule has 0 N–H and O–H groups in total. The number of methoxy groups -OCH3 is 1. The van der Waals surface area contributed by atoms with Crippen molar-refractivity contribution >= 4 is 5.78 Å². The van der Waals surface area contributed by atoms with Crippen LogP contribution in [0.15, 0.2) is 6.07 Å². The fraction of sp³-hybridized carbons (Fsp3) is 0.706. The molecule has 0 saturated heterocycles. The molecule has 21 heavy (non-hydrogen) atoms. The summed E-state index contributed by atoms with van der Waals surface area (Å²) in [5.74, 6) is 0.302. The first kappa shape index (κ1) is 16.2. The van der Waals surface area contributed by atoms with Gasteiger partial charge in [0.25, 0.3) is 0 Å². The van der Waals surface area contributed by atoms with E-state index in [2.05, 4.69) is 43.4 Å². The molecule has 4 heteroatoms. The fourth-order valence-electron chi connectivity index (χ4n) is 3.15. The van der Waals surface area contributed by atoms with E-state index in [1.807, 2.05) is 0 Å². The van der Waals surface area contributed by atoms with Crippen LogP contribution in [0.3, 0.4) is 0 Å². The van der Waals surface area contributed by atoms with Crippen LogP contribution in [-0.4, -0.2) is 49.1 Å². The third-order valence-corrected chi connectivity index (χ3v) is 4.38. The standard InChI is InChI=1S/C17H28N2O2/c1-13-10-14-15(11-17(2,3)12-16(14)20)19(13)7-6-18(4)8-9-21-5/h10H,6-9,11-12H2,1-5H3. The number of hydrogen-bond acceptors (Lipinski definition) is 3. The summed E-state index contributed by atoms with van der Waals surface area (Å²) in [5, 5.41) is 0. The lowest BCUT2D eigenvalue weighted by Gasteiger charge is -2.30. The first-order chi connectivity index (χ1) is 9.84. The molecule has 0 saturated carbocycles. The Labute approximate surface area is 128 Å². The quantitative estimate of drug-likeness (QED) is 0.808. The molecule has 1 aromatic heterocycles. The van der Waals surface area contributed by atoms with Gasteiger partial charge in [-0.3, -0.25) is 4.79 Å². The minimum absolute atomic E-state index is 0.0780. The van der Waals surface area contributed by atoms with Gasteiger partial charge in [0.1, 0.15) is 0 Å². The molecule has 1 aliphatic carbocycles. The number of ether oxygens (including phenoxy) is 1. The van der Waals surface area contributed by atoms with Crippen LogP contribution >= 0.6 is 0 Å². The van der Waals surface area contributed by atoms with E-state index < -0.39 is 0 Å². The number of nitrogens with zero attached hydrogens (tertiary/aromatic N) is 2. The van der Waals surface area contributed by atoms with Crippen LogP contribution in [0.25, 0.3) is 0 Å². The van der Waals surface area contributed by atoms with E-state index in [-0.39, 0.29) is 5.41 Å². The van der Waals surface area contributed by atoms with Gasteiger partial charge in [0.15, 0.2) is 5.78 Å². The number of hydrogen-bond donors (Lipinski definition) is 0. The molecule has 0 aromatic carbocycles. The number of Topliss-reactive ketones (excluding diaryl/α,β-unsaturated/α-hetero) is 1. The molecule has 1 aliphatic rings. The highest BCUT2D eigenvalue weighted by Crippen LogP contribution is 2.36. The van der Waals surface area contributed by atoms with Crippen LogP contribution in [0.1, 0.15) is 42.0 Å². The minimum Gasteiger partial charge on any atom is -0.383 e. The zero-order valence-corrected chi connectivity index (χ0v) is 14.0. The molecule has 0 unspecified atom stereocenters. The van der Waals surface area contributed by atoms with Gasteiger partial charge in [-0.1, -0.05) is 13.8 Å². The van der Waals surface area contributed by atoms with E-state index in [0.717, 1.165) is 38.2 Å². The van der Waals surface area contributed by atoms with Crippen LogP contribution in [0.2, 0.25) is 0 Å². The molecule has 0 bridgehead atoms. The highest BCUT2D eigenvalue weighted by molar-refractivity contribution is 5.99. The zero-order valence-electron chi connectivity index (χ0n) is 14.0. The van der Waals surface area contributed by atoms with E-state index in [1.165, 1.54) is 11.4 Å². The van der Waals surface area contributed by atoms with Crippen molar-refractivity contribution in [2.24, 2.45) is 5.41 Å². The van der Waals surface area contributed by atoms with E-state index >= 15 is 0 Å². The Bertz CT molecular complexity index is 517. The second-order valence-electron chi connectivity index (χ2n) is 7.03. The maximum absolute atomic E-state index is 12.3. The summed E-state index contributed by atoms with van der Waals surface area (Å²) in [4.78, 5) is 14.6. The molecule has 4 nitrogen and oxygen atoms in total. The normalized spacial score (nSPS) is 17.3. The minimum atomic E-state index is 0.0780. The van der Waals surface area contributed by atoms with E-state index in [9.17, 15) is 4.79 Å². The topological polar surface area (TPSA) is 34.5 Å². The highest BCUT2D eigenvalue weighted by Gasteiger charge is 2.33. The van der Waals surface area contributed by atoms with Crippen LogP contribution < -0.4 is 0 Å². The van der Waals surface area contributed by atoms with Crippen molar-refractivity contribution in [3.05, 3.63) is 23.0 Å². The number of carbonyl (C=O) groups is 1. The Morgan fingerprint density at radius 1 is 1.33 bits per heavy atom. The monoisotopic (exact) mass is 292 g/mol. The van der Waals surface area contributed by atoms with Crippen LogP contribution in [0.4, 0.5) is 0 Å². The molecule has 1 aromatic rings. The van der Waals surface area contributed by atoms with Gasteiger partial charge in [-0.05, 0) is 31.9 Å². The predicted molar refractivity (Wildman–Crippen MR) is 85.0 cm³/mol. The van der Waals surface area contributed by atoms with Crippen LogP contribution in [0, 0.1) is 12.3 Å². The summed E-state index contributed by atoms with van der Waals surface area (Å²) >= 11 is 0. The average Bonchev–Trinajstić information content (AvgIpc) is 2.69. The molecular weight excluding hydrogens is 264 g/mol. The number of rotatable bonds is 6. The maximum atomic E-state index is 12.3. The van der Waals surface area contributed by atoms with E-state index in [0.29, 0.717) is 12.2 Å². The van der Waals surface area contributed by atoms with Gasteiger partial charge in [0.2, 0.25) is 0 Å². The zero-order chi connectivity index (χ0) is 15.6. The summed E-state index contributed by atoms with van der Waals surface area (Å²) in [6, 6.07) is 2.07.